The molecule has 0 heterocycles. The van der Waals surface area contributed by atoms with Gasteiger partial charge >= 0.3 is 0 Å². The standard InChI is InChI=1S/C18H18FNO3S/c19-15-8-6-14(7-9-15)18(13-21)11-10-16(12-18)20-24(22,23)17-4-2-1-3-5-17/h1-10,20-21H,11-13H2. The number of allylic oxidation sites excluding steroid dienone is 2. The van der Waals surface area contributed by atoms with Crippen LogP contribution in [0.4, 0.5) is 4.39 Å². The van der Waals surface area contributed by atoms with Crippen LogP contribution in [0.1, 0.15) is 18.4 Å². The number of hydrogen-bond donors (Lipinski definition) is 2. The van der Waals surface area contributed by atoms with E-state index in [9.17, 15) is 17.9 Å². The number of halogens is 1. The van der Waals surface area contributed by atoms with Crippen LogP contribution in [0.15, 0.2) is 71.3 Å². The molecule has 1 unspecified atom stereocenters. The minimum absolute atomic E-state index is 0.147. The van der Waals surface area contributed by atoms with Crippen LogP contribution in [0.2, 0.25) is 0 Å². The molecule has 0 saturated carbocycles. The third-order valence-corrected chi connectivity index (χ3v) is 5.77. The van der Waals surface area contributed by atoms with Gasteiger partial charge in [0, 0.05) is 11.1 Å². The highest BCUT2D eigenvalue weighted by atomic mass is 32.2. The molecule has 0 aliphatic heterocycles. The molecule has 0 fully saturated rings. The van der Waals surface area contributed by atoms with E-state index in [1.54, 1.807) is 36.4 Å². The van der Waals surface area contributed by atoms with Crippen molar-refractivity contribution < 1.29 is 17.9 Å². The molecule has 2 aromatic rings. The fourth-order valence-corrected chi connectivity index (χ4v) is 4.11. The first-order valence-corrected chi connectivity index (χ1v) is 9.07. The summed E-state index contributed by atoms with van der Waals surface area (Å²) in [5.74, 6) is -0.345. The second kappa shape index (κ2) is 6.37. The van der Waals surface area contributed by atoms with Crippen molar-refractivity contribution in [1.82, 2.24) is 4.72 Å². The molecule has 0 bridgehead atoms. The van der Waals surface area contributed by atoms with Gasteiger partial charge in [-0.15, -0.1) is 0 Å². The van der Waals surface area contributed by atoms with Crippen LogP contribution < -0.4 is 4.72 Å². The minimum atomic E-state index is -3.65. The predicted octanol–water partition coefficient (Wildman–Crippen LogP) is 2.71. The monoisotopic (exact) mass is 347 g/mol. The smallest absolute Gasteiger partial charge is 0.261 e. The zero-order chi connectivity index (χ0) is 17.2. The molecule has 24 heavy (non-hydrogen) atoms. The highest BCUT2D eigenvalue weighted by molar-refractivity contribution is 7.89. The summed E-state index contributed by atoms with van der Waals surface area (Å²) in [5, 5.41) is 9.87. The van der Waals surface area contributed by atoms with E-state index < -0.39 is 15.4 Å². The SMILES string of the molecule is O=S(=O)(NC1=CCC(CO)(c2ccc(F)cc2)C1)c1ccccc1. The van der Waals surface area contributed by atoms with Crippen molar-refractivity contribution in [3.05, 3.63) is 77.8 Å². The number of rotatable bonds is 5. The number of hydrogen-bond acceptors (Lipinski definition) is 3. The van der Waals surface area contributed by atoms with Gasteiger partial charge in [-0.3, -0.25) is 4.72 Å². The Balaban J connectivity index is 1.80. The van der Waals surface area contributed by atoms with Crippen molar-refractivity contribution in [3.8, 4) is 0 Å². The van der Waals surface area contributed by atoms with E-state index in [1.165, 1.54) is 24.3 Å². The molecule has 4 nitrogen and oxygen atoms in total. The number of benzene rings is 2. The van der Waals surface area contributed by atoms with Gasteiger partial charge in [-0.2, -0.15) is 0 Å². The molecule has 0 amide bonds. The van der Waals surface area contributed by atoms with Gasteiger partial charge in [0.15, 0.2) is 0 Å². The fraction of sp³-hybridized carbons (Fsp3) is 0.222. The lowest BCUT2D eigenvalue weighted by Gasteiger charge is -2.28. The van der Waals surface area contributed by atoms with E-state index in [2.05, 4.69) is 4.72 Å². The first-order valence-electron chi connectivity index (χ1n) is 7.59. The maximum Gasteiger partial charge on any atom is 0.261 e. The van der Waals surface area contributed by atoms with Crippen LogP contribution in [0.3, 0.4) is 0 Å². The van der Waals surface area contributed by atoms with Crippen molar-refractivity contribution in [1.29, 1.82) is 0 Å². The van der Waals surface area contributed by atoms with E-state index in [4.69, 9.17) is 0 Å². The zero-order valence-electron chi connectivity index (χ0n) is 12.9. The highest BCUT2D eigenvalue weighted by Crippen LogP contribution is 2.39. The predicted molar refractivity (Wildman–Crippen MR) is 89.2 cm³/mol. The van der Waals surface area contributed by atoms with Crippen LogP contribution in [-0.2, 0) is 15.4 Å². The summed E-state index contributed by atoms with van der Waals surface area (Å²) < 4.78 is 40.5. The molecule has 1 atom stereocenters. The third kappa shape index (κ3) is 3.20. The van der Waals surface area contributed by atoms with Crippen LogP contribution in [-0.4, -0.2) is 20.1 Å². The average molecular weight is 347 g/mol. The molecule has 2 N–H and O–H groups in total. The van der Waals surface area contributed by atoms with Crippen LogP contribution >= 0.6 is 0 Å². The minimum Gasteiger partial charge on any atom is -0.395 e. The Morgan fingerprint density at radius 1 is 1.08 bits per heavy atom. The lowest BCUT2D eigenvalue weighted by atomic mass is 9.79. The lowest BCUT2D eigenvalue weighted by molar-refractivity contribution is 0.198. The number of aliphatic hydroxyl groups excluding tert-OH is 1. The Labute approximate surface area is 140 Å². The van der Waals surface area contributed by atoms with Crippen LogP contribution in [0.5, 0.6) is 0 Å². The lowest BCUT2D eigenvalue weighted by Crippen LogP contribution is -2.30. The van der Waals surface area contributed by atoms with Crippen molar-refractivity contribution in [2.45, 2.75) is 23.2 Å². The molecule has 0 saturated heterocycles. The van der Waals surface area contributed by atoms with Gasteiger partial charge < -0.3 is 5.11 Å². The molecular formula is C18H18FNO3S. The van der Waals surface area contributed by atoms with Gasteiger partial charge in [-0.25, -0.2) is 12.8 Å². The van der Waals surface area contributed by atoms with Crippen molar-refractivity contribution in [2.24, 2.45) is 0 Å². The van der Waals surface area contributed by atoms with E-state index in [-0.39, 0.29) is 17.3 Å². The average Bonchev–Trinajstić information content (AvgIpc) is 3.00. The Kier molecular flexibility index (Phi) is 4.43. The number of nitrogens with one attached hydrogen (secondary N) is 1. The topological polar surface area (TPSA) is 66.4 Å². The van der Waals surface area contributed by atoms with E-state index in [0.29, 0.717) is 18.5 Å². The molecule has 6 heteroatoms. The van der Waals surface area contributed by atoms with Crippen molar-refractivity contribution >= 4 is 10.0 Å². The summed E-state index contributed by atoms with van der Waals surface area (Å²) in [5.41, 5.74) is 0.705. The molecule has 3 rings (SSSR count). The zero-order valence-corrected chi connectivity index (χ0v) is 13.8. The molecule has 0 aromatic heterocycles. The molecule has 0 spiro atoms. The number of aliphatic hydroxyl groups is 1. The number of sulfonamides is 1. The van der Waals surface area contributed by atoms with Crippen LogP contribution in [0.25, 0.3) is 0 Å². The molecule has 1 aliphatic rings. The molecule has 126 valence electrons. The molecule has 2 aromatic carbocycles. The van der Waals surface area contributed by atoms with Crippen molar-refractivity contribution in [3.63, 3.8) is 0 Å². The summed E-state index contributed by atoms with van der Waals surface area (Å²) in [6.45, 7) is -0.147. The Morgan fingerprint density at radius 3 is 2.38 bits per heavy atom. The molecule has 1 aliphatic carbocycles. The Morgan fingerprint density at radius 2 is 1.75 bits per heavy atom. The second-order valence-electron chi connectivity index (χ2n) is 5.97. The summed E-state index contributed by atoms with van der Waals surface area (Å²) in [6, 6.07) is 14.1. The van der Waals surface area contributed by atoms with Gasteiger partial charge in [0.2, 0.25) is 0 Å². The first-order chi connectivity index (χ1) is 11.5. The molecular weight excluding hydrogens is 329 g/mol. The fourth-order valence-electron chi connectivity index (χ4n) is 2.97. The van der Waals surface area contributed by atoms with Gasteiger partial charge in [-0.05, 0) is 42.7 Å². The van der Waals surface area contributed by atoms with Crippen LogP contribution in [0, 0.1) is 5.82 Å². The van der Waals surface area contributed by atoms with E-state index in [1.807, 2.05) is 0 Å². The maximum absolute atomic E-state index is 13.1. The third-order valence-electron chi connectivity index (χ3n) is 4.35. The van der Waals surface area contributed by atoms with E-state index in [0.717, 1.165) is 5.56 Å². The summed E-state index contributed by atoms with van der Waals surface area (Å²) >= 11 is 0. The largest absolute Gasteiger partial charge is 0.395 e. The van der Waals surface area contributed by atoms with E-state index >= 15 is 0 Å². The first kappa shape index (κ1) is 16.7. The Hall–Kier alpha value is -2.18. The molecule has 0 radical (unpaired) electrons. The van der Waals surface area contributed by atoms with Gasteiger partial charge in [0.1, 0.15) is 5.82 Å². The highest BCUT2D eigenvalue weighted by Gasteiger charge is 2.37. The summed E-state index contributed by atoms with van der Waals surface area (Å²) in [4.78, 5) is 0.189. The quantitative estimate of drug-likeness (QED) is 0.874. The summed E-state index contributed by atoms with van der Waals surface area (Å²) in [6.07, 6.45) is 2.61. The van der Waals surface area contributed by atoms with Gasteiger partial charge in [-0.1, -0.05) is 36.4 Å². The maximum atomic E-state index is 13.1. The summed E-state index contributed by atoms with van der Waals surface area (Å²) in [7, 11) is -3.65. The van der Waals surface area contributed by atoms with Gasteiger partial charge in [0.05, 0.1) is 11.5 Å². The van der Waals surface area contributed by atoms with Crippen molar-refractivity contribution in [2.75, 3.05) is 6.61 Å². The Bertz CT molecular complexity index is 848. The normalized spacial score (nSPS) is 20.7. The van der Waals surface area contributed by atoms with Gasteiger partial charge in [0.25, 0.3) is 10.0 Å². The second-order valence-corrected chi connectivity index (χ2v) is 7.66.